The van der Waals surface area contributed by atoms with Gasteiger partial charge < -0.3 is 0 Å². The second-order valence-corrected chi connectivity index (χ2v) is 19.3. The van der Waals surface area contributed by atoms with E-state index in [1.807, 2.05) is 0 Å². The maximum absolute atomic E-state index is 2.39. The first-order valence-electron chi connectivity index (χ1n) is 6.88. The molecule has 0 nitrogen and oxygen atoms in total. The molecular weight excluding hydrogens is 315 g/mol. The average molecular weight is 349 g/mol. The normalized spacial score (nSPS) is 12.0. The third-order valence-electron chi connectivity index (χ3n) is 4.23. The van der Waals surface area contributed by atoms with Gasteiger partial charge in [-0.05, 0) is 11.0 Å². The van der Waals surface area contributed by atoms with E-state index in [0.717, 1.165) is 5.92 Å². The number of hydrogen-bond acceptors (Lipinski definition) is 0. The van der Waals surface area contributed by atoms with Gasteiger partial charge in [0.2, 0.25) is 0 Å². The average Bonchev–Trinajstić information content (AvgIpc) is 2.21. The first-order valence-corrected chi connectivity index (χ1v) is 15.4. The Morgan fingerprint density at radius 1 is 0.938 bits per heavy atom. The van der Waals surface area contributed by atoms with E-state index in [9.17, 15) is 0 Å². The Hall–Kier alpha value is 1.02. The van der Waals surface area contributed by atoms with Gasteiger partial charge in [0, 0.05) is 8.80 Å². The van der Waals surface area contributed by atoms with Crippen molar-refractivity contribution in [3.8, 4) is 0 Å². The molecule has 0 saturated heterocycles. The summed E-state index contributed by atoms with van der Waals surface area (Å²) in [6.07, 6.45) is 0. The monoisotopic (exact) mass is 350 g/mol. The Balaban J connectivity index is 0. The van der Waals surface area contributed by atoms with Crippen molar-refractivity contribution in [3.05, 3.63) is 0 Å². The van der Waals surface area contributed by atoms with Crippen molar-refractivity contribution in [1.82, 2.24) is 0 Å². The van der Waals surface area contributed by atoms with Crippen molar-refractivity contribution < 1.29 is 0 Å². The van der Waals surface area contributed by atoms with Gasteiger partial charge in [-0.25, -0.2) is 0 Å². The maximum atomic E-state index is 2.39. The van der Waals surface area contributed by atoms with Crippen LogP contribution in [0.3, 0.4) is 0 Å². The van der Waals surface area contributed by atoms with Crippen LogP contribution in [-0.2, 0) is 0 Å². The molecule has 0 unspecified atom stereocenters. The molecule has 0 fully saturated rings. The van der Waals surface area contributed by atoms with Crippen LogP contribution in [-0.4, -0.2) is 28.6 Å². The van der Waals surface area contributed by atoms with Crippen LogP contribution in [0.15, 0.2) is 0 Å². The molecule has 0 aliphatic rings. The SMILES string of the molecule is CC(C)C(C)(C)[Si](C)C.C[CH2][Sn]([CH2]C)[CH2]C. The Kier molecular flexibility index (Phi) is 12.1. The summed E-state index contributed by atoms with van der Waals surface area (Å²) in [4.78, 5) is 0. The Morgan fingerprint density at radius 3 is 1.25 bits per heavy atom. The second kappa shape index (κ2) is 9.99. The van der Waals surface area contributed by atoms with Gasteiger partial charge in [0.15, 0.2) is 0 Å². The van der Waals surface area contributed by atoms with E-state index in [2.05, 4.69) is 61.6 Å². The number of rotatable bonds is 5. The summed E-state index contributed by atoms with van der Waals surface area (Å²) in [6, 6.07) is 0. The zero-order valence-corrected chi connectivity index (χ0v) is 17.1. The van der Waals surface area contributed by atoms with Crippen molar-refractivity contribution in [2.45, 2.75) is 79.9 Å². The van der Waals surface area contributed by atoms with Crippen molar-refractivity contribution in [2.75, 3.05) is 0 Å². The van der Waals surface area contributed by atoms with E-state index in [1.54, 1.807) is 13.3 Å². The molecule has 2 heteroatoms. The molecule has 0 heterocycles. The van der Waals surface area contributed by atoms with Crippen LogP contribution in [0.5, 0.6) is 0 Å². The molecule has 2 radical (unpaired) electrons. The van der Waals surface area contributed by atoms with Crippen LogP contribution < -0.4 is 0 Å². The van der Waals surface area contributed by atoms with Gasteiger partial charge in [-0.2, -0.15) is 0 Å². The van der Waals surface area contributed by atoms with E-state index in [1.165, 1.54) is 0 Å². The van der Waals surface area contributed by atoms with Crippen LogP contribution in [0.25, 0.3) is 0 Å². The van der Waals surface area contributed by atoms with Gasteiger partial charge in [-0.15, -0.1) is 0 Å². The number of hydrogen-bond donors (Lipinski definition) is 0. The first kappa shape index (κ1) is 19.4. The third kappa shape index (κ3) is 8.16. The Labute approximate surface area is 114 Å². The molecule has 0 bridgehead atoms. The molecular formula is C14H34SiSn. The predicted molar refractivity (Wildman–Crippen MR) is 83.6 cm³/mol. The Morgan fingerprint density at radius 2 is 1.25 bits per heavy atom. The van der Waals surface area contributed by atoms with Crippen molar-refractivity contribution in [1.29, 1.82) is 0 Å². The molecule has 0 saturated carbocycles. The topological polar surface area (TPSA) is 0 Å². The van der Waals surface area contributed by atoms with Crippen LogP contribution >= 0.6 is 0 Å². The standard InChI is InChI=1S/C8H19Si.3C2H5.Sn/c1-7(2)8(3,4)9(5)6;3*1-2;/h7H,1-6H3;3*1H2,2H3;. The molecule has 0 aromatic heterocycles. The zero-order chi connectivity index (χ0) is 13.4. The van der Waals surface area contributed by atoms with E-state index in [4.69, 9.17) is 0 Å². The summed E-state index contributed by atoms with van der Waals surface area (Å²) in [5, 5.41) is 0.602. The van der Waals surface area contributed by atoms with Crippen LogP contribution in [0.2, 0.25) is 31.4 Å². The summed E-state index contributed by atoms with van der Waals surface area (Å²) in [7, 11) is -0.110. The minimum absolute atomic E-state index is 0.110. The molecule has 98 valence electrons. The molecule has 0 aliphatic heterocycles. The van der Waals surface area contributed by atoms with Crippen LogP contribution in [0.4, 0.5) is 0 Å². The fourth-order valence-corrected chi connectivity index (χ4v) is 6.76. The molecule has 0 aliphatic carbocycles. The molecule has 0 aromatic carbocycles. The van der Waals surface area contributed by atoms with E-state index < -0.39 is 19.8 Å². The molecule has 0 aromatic rings. The third-order valence-corrected chi connectivity index (χ3v) is 15.9. The summed E-state index contributed by atoms with van der Waals surface area (Å²) < 4.78 is 4.65. The van der Waals surface area contributed by atoms with Gasteiger partial charge in [-0.3, -0.25) is 0 Å². The quantitative estimate of drug-likeness (QED) is 0.557. The van der Waals surface area contributed by atoms with E-state index >= 15 is 0 Å². The van der Waals surface area contributed by atoms with Crippen molar-refractivity contribution in [2.24, 2.45) is 5.92 Å². The zero-order valence-electron chi connectivity index (χ0n) is 13.2. The Bertz CT molecular complexity index is 133. The molecule has 0 amide bonds. The van der Waals surface area contributed by atoms with Crippen LogP contribution in [0.1, 0.15) is 48.5 Å². The van der Waals surface area contributed by atoms with Crippen molar-refractivity contribution in [3.63, 3.8) is 0 Å². The van der Waals surface area contributed by atoms with Crippen molar-refractivity contribution >= 4 is 28.6 Å². The molecule has 0 spiro atoms. The minimum atomic E-state index is -0.653. The van der Waals surface area contributed by atoms with Gasteiger partial charge >= 0.3 is 53.8 Å². The fourth-order valence-electron chi connectivity index (χ4n) is 1.33. The summed E-state index contributed by atoms with van der Waals surface area (Å²) in [5.74, 6) is 0.835. The molecule has 0 atom stereocenters. The summed E-state index contributed by atoms with van der Waals surface area (Å²) in [6.45, 7) is 21.2. The molecule has 0 N–H and O–H groups in total. The van der Waals surface area contributed by atoms with Gasteiger partial charge in [0.25, 0.3) is 0 Å². The van der Waals surface area contributed by atoms with E-state index in [0.29, 0.717) is 5.04 Å². The molecule has 16 heavy (non-hydrogen) atoms. The van der Waals surface area contributed by atoms with Gasteiger partial charge in [0.05, 0.1) is 0 Å². The van der Waals surface area contributed by atoms with Gasteiger partial charge in [-0.1, -0.05) is 40.8 Å². The molecule has 0 rings (SSSR count). The fraction of sp³-hybridized carbons (Fsp3) is 1.00. The predicted octanol–water partition coefficient (Wildman–Crippen LogP) is 5.72. The van der Waals surface area contributed by atoms with E-state index in [-0.39, 0.29) is 8.80 Å². The summed E-state index contributed by atoms with van der Waals surface area (Å²) in [5.41, 5.74) is 0. The first-order chi connectivity index (χ1) is 7.23. The second-order valence-electron chi connectivity index (χ2n) is 5.69. The van der Waals surface area contributed by atoms with Crippen LogP contribution in [0, 0.1) is 5.92 Å². The van der Waals surface area contributed by atoms with Gasteiger partial charge in [0.1, 0.15) is 0 Å². The summed E-state index contributed by atoms with van der Waals surface area (Å²) >= 11 is -0.653.